The number of carbonyl (C=O) groups is 2. The van der Waals surface area contributed by atoms with Gasteiger partial charge in [0.25, 0.3) is 5.79 Å². The molecule has 2 rings (SSSR count). The Balaban J connectivity index is 2.22. The number of rotatable bonds is 3. The first-order valence-electron chi connectivity index (χ1n) is 5.96. The molecule has 1 aromatic rings. The number of pyridine rings is 1. The van der Waals surface area contributed by atoms with Gasteiger partial charge >= 0.3 is 11.9 Å². The molecule has 0 amide bonds. The van der Waals surface area contributed by atoms with Gasteiger partial charge in [-0.25, -0.2) is 9.59 Å². The molecular formula is C13H13FN2O5. The van der Waals surface area contributed by atoms with Crippen LogP contribution in [-0.4, -0.2) is 29.8 Å². The number of nitrogens with one attached hydrogen (secondary N) is 1. The second-order valence-electron chi connectivity index (χ2n) is 4.57. The lowest BCUT2D eigenvalue weighted by Crippen LogP contribution is -2.42. The van der Waals surface area contributed by atoms with Crippen molar-refractivity contribution in [1.82, 2.24) is 4.98 Å². The van der Waals surface area contributed by atoms with Crippen molar-refractivity contribution < 1.29 is 28.2 Å². The molecule has 0 bridgehead atoms. The summed E-state index contributed by atoms with van der Waals surface area (Å²) in [5, 5.41) is 2.63. The molecule has 0 unspecified atom stereocenters. The summed E-state index contributed by atoms with van der Waals surface area (Å²) in [6.45, 7) is 2.89. The van der Waals surface area contributed by atoms with E-state index < -0.39 is 23.7 Å². The molecule has 0 atom stereocenters. The van der Waals surface area contributed by atoms with Crippen LogP contribution in [-0.2, 0) is 19.1 Å². The van der Waals surface area contributed by atoms with Crippen molar-refractivity contribution in [1.29, 1.82) is 0 Å². The van der Waals surface area contributed by atoms with Gasteiger partial charge in [0, 0.05) is 20.0 Å². The van der Waals surface area contributed by atoms with E-state index in [1.165, 1.54) is 27.0 Å². The maximum absolute atomic E-state index is 13.0. The van der Waals surface area contributed by atoms with Gasteiger partial charge in [-0.05, 0) is 12.1 Å². The SMILES string of the molecule is COc1nc(F)ccc1NC=C1C(=O)OC(C)(C)OC1=O. The second-order valence-corrected chi connectivity index (χ2v) is 4.57. The molecule has 7 nitrogen and oxygen atoms in total. The number of hydrogen-bond acceptors (Lipinski definition) is 7. The highest BCUT2D eigenvalue weighted by molar-refractivity contribution is 6.15. The summed E-state index contributed by atoms with van der Waals surface area (Å²) < 4.78 is 27.7. The number of hydrogen-bond donors (Lipinski definition) is 1. The fraction of sp³-hybridized carbons (Fsp3) is 0.308. The Labute approximate surface area is 119 Å². The van der Waals surface area contributed by atoms with Gasteiger partial charge in [0.05, 0.1) is 7.11 Å². The fourth-order valence-corrected chi connectivity index (χ4v) is 1.61. The van der Waals surface area contributed by atoms with E-state index in [0.29, 0.717) is 0 Å². The van der Waals surface area contributed by atoms with Gasteiger partial charge in [-0.3, -0.25) is 0 Å². The monoisotopic (exact) mass is 296 g/mol. The van der Waals surface area contributed by atoms with Crippen LogP contribution in [0.15, 0.2) is 23.9 Å². The normalized spacial score (nSPS) is 16.9. The summed E-state index contributed by atoms with van der Waals surface area (Å²) in [7, 11) is 1.31. The van der Waals surface area contributed by atoms with E-state index in [4.69, 9.17) is 14.2 Å². The largest absolute Gasteiger partial charge is 0.479 e. The fourth-order valence-electron chi connectivity index (χ4n) is 1.61. The molecule has 0 radical (unpaired) electrons. The summed E-state index contributed by atoms with van der Waals surface area (Å²) in [6, 6.07) is 2.45. The van der Waals surface area contributed by atoms with E-state index in [1.54, 1.807) is 0 Å². The highest BCUT2D eigenvalue weighted by atomic mass is 19.1. The van der Waals surface area contributed by atoms with Crippen molar-refractivity contribution in [2.24, 2.45) is 0 Å². The minimum atomic E-state index is -1.30. The number of aromatic nitrogens is 1. The predicted molar refractivity (Wildman–Crippen MR) is 68.7 cm³/mol. The molecule has 1 aliphatic rings. The number of methoxy groups -OCH3 is 1. The molecule has 2 heterocycles. The molecule has 1 saturated heterocycles. The Bertz CT molecular complexity index is 605. The summed E-state index contributed by atoms with van der Waals surface area (Å²) in [5.41, 5.74) is -0.0439. The van der Waals surface area contributed by atoms with Crippen molar-refractivity contribution in [2.45, 2.75) is 19.6 Å². The lowest BCUT2D eigenvalue weighted by molar-refractivity contribution is -0.222. The summed E-state index contributed by atoms with van der Waals surface area (Å²) in [6.07, 6.45) is 1.09. The molecule has 0 saturated carbocycles. The van der Waals surface area contributed by atoms with Crippen LogP contribution < -0.4 is 10.1 Å². The van der Waals surface area contributed by atoms with Crippen molar-refractivity contribution in [3.8, 4) is 5.88 Å². The molecule has 1 aliphatic heterocycles. The van der Waals surface area contributed by atoms with Gasteiger partial charge in [-0.15, -0.1) is 0 Å². The van der Waals surface area contributed by atoms with E-state index >= 15 is 0 Å². The lowest BCUT2D eigenvalue weighted by atomic mass is 10.2. The first-order valence-corrected chi connectivity index (χ1v) is 5.96. The highest BCUT2D eigenvalue weighted by Gasteiger charge is 2.38. The number of halogens is 1. The zero-order chi connectivity index (χ0) is 15.6. The van der Waals surface area contributed by atoms with Crippen LogP contribution in [0.2, 0.25) is 0 Å². The highest BCUT2D eigenvalue weighted by Crippen LogP contribution is 2.25. The van der Waals surface area contributed by atoms with Crippen LogP contribution >= 0.6 is 0 Å². The van der Waals surface area contributed by atoms with E-state index in [2.05, 4.69) is 10.3 Å². The standard InChI is InChI=1S/C13H13FN2O5/c1-13(2)20-11(17)7(12(18)21-13)6-15-8-4-5-9(14)16-10(8)19-3/h4-6,15H,1-3H3. The van der Waals surface area contributed by atoms with Gasteiger partial charge < -0.3 is 19.5 Å². The molecule has 21 heavy (non-hydrogen) atoms. The van der Waals surface area contributed by atoms with E-state index in [-0.39, 0.29) is 17.1 Å². The van der Waals surface area contributed by atoms with Crippen molar-refractivity contribution in [2.75, 3.05) is 12.4 Å². The molecule has 112 valence electrons. The first kappa shape index (κ1) is 14.8. The first-order chi connectivity index (χ1) is 9.82. The molecule has 0 aromatic carbocycles. The molecule has 8 heteroatoms. The number of anilines is 1. The molecule has 1 aromatic heterocycles. The van der Waals surface area contributed by atoms with Gasteiger partial charge in [0.15, 0.2) is 5.57 Å². The zero-order valence-corrected chi connectivity index (χ0v) is 11.6. The van der Waals surface area contributed by atoms with Gasteiger partial charge in [0.1, 0.15) is 5.69 Å². The van der Waals surface area contributed by atoms with Crippen molar-refractivity contribution in [3.63, 3.8) is 0 Å². The van der Waals surface area contributed by atoms with E-state index in [9.17, 15) is 14.0 Å². The van der Waals surface area contributed by atoms with Gasteiger partial charge in [0.2, 0.25) is 11.8 Å². The topological polar surface area (TPSA) is 86.8 Å². The number of nitrogens with zero attached hydrogens (tertiary/aromatic N) is 1. The molecular weight excluding hydrogens is 283 g/mol. The third-order valence-electron chi connectivity index (χ3n) is 2.51. The Morgan fingerprint density at radius 3 is 2.48 bits per heavy atom. The van der Waals surface area contributed by atoms with Gasteiger partial charge in [-0.2, -0.15) is 9.37 Å². The smallest absolute Gasteiger partial charge is 0.350 e. The van der Waals surface area contributed by atoms with Crippen LogP contribution in [0, 0.1) is 5.95 Å². The Hall–Kier alpha value is -2.64. The summed E-state index contributed by atoms with van der Waals surface area (Å²) in [5.74, 6) is -3.69. The van der Waals surface area contributed by atoms with Crippen LogP contribution in [0.4, 0.5) is 10.1 Å². The number of esters is 2. The lowest BCUT2D eigenvalue weighted by Gasteiger charge is -2.29. The van der Waals surface area contributed by atoms with E-state index in [0.717, 1.165) is 12.3 Å². The predicted octanol–water partition coefficient (Wildman–Crippen LogP) is 1.36. The maximum Gasteiger partial charge on any atom is 0.350 e. The molecule has 1 fully saturated rings. The third-order valence-corrected chi connectivity index (χ3v) is 2.51. The number of carbonyl (C=O) groups excluding carboxylic acids is 2. The van der Waals surface area contributed by atoms with Gasteiger partial charge in [-0.1, -0.05) is 0 Å². The second kappa shape index (κ2) is 5.39. The average Bonchev–Trinajstić information content (AvgIpc) is 2.37. The minimum absolute atomic E-state index is 0.0234. The van der Waals surface area contributed by atoms with Crippen LogP contribution in [0.5, 0.6) is 5.88 Å². The molecule has 0 aliphatic carbocycles. The summed E-state index contributed by atoms with van der Waals surface area (Å²) >= 11 is 0. The molecule has 0 spiro atoms. The quantitative estimate of drug-likeness (QED) is 0.390. The maximum atomic E-state index is 13.0. The third kappa shape index (κ3) is 3.28. The zero-order valence-electron chi connectivity index (χ0n) is 11.6. The average molecular weight is 296 g/mol. The Kier molecular flexibility index (Phi) is 3.79. The Morgan fingerprint density at radius 1 is 1.29 bits per heavy atom. The summed E-state index contributed by atoms with van der Waals surface area (Å²) in [4.78, 5) is 26.9. The number of ether oxygens (including phenoxy) is 3. The van der Waals surface area contributed by atoms with Crippen LogP contribution in [0.3, 0.4) is 0 Å². The number of cyclic esters (lactones) is 2. The van der Waals surface area contributed by atoms with Crippen molar-refractivity contribution in [3.05, 3.63) is 29.9 Å². The van der Waals surface area contributed by atoms with Crippen LogP contribution in [0.1, 0.15) is 13.8 Å². The van der Waals surface area contributed by atoms with Crippen LogP contribution in [0.25, 0.3) is 0 Å². The molecule has 1 N–H and O–H groups in total. The van der Waals surface area contributed by atoms with Crippen molar-refractivity contribution >= 4 is 17.6 Å². The van der Waals surface area contributed by atoms with E-state index in [1.807, 2.05) is 0 Å². The minimum Gasteiger partial charge on any atom is -0.479 e. The Morgan fingerprint density at radius 2 is 1.90 bits per heavy atom.